The quantitative estimate of drug-likeness (QED) is 0.791. The molecule has 110 valence electrons. The number of hydrogen-bond donors (Lipinski definition) is 0. The number of alkyl halides is 6. The highest BCUT2D eigenvalue weighted by molar-refractivity contribution is 5.41. The molecule has 0 radical (unpaired) electrons. The van der Waals surface area contributed by atoms with Gasteiger partial charge < -0.3 is 9.47 Å². The van der Waals surface area contributed by atoms with E-state index < -0.39 is 24.2 Å². The lowest BCUT2D eigenvalue weighted by molar-refractivity contribution is -0.276. The topological polar surface area (TPSA) is 42.2 Å². The maximum Gasteiger partial charge on any atom is 0.573 e. The number of nitriles is 1. The minimum atomic E-state index is -5.06. The van der Waals surface area contributed by atoms with Gasteiger partial charge in [-0.25, -0.2) is 0 Å². The minimum absolute atomic E-state index is 0.0431. The second kappa shape index (κ2) is 5.90. The molecule has 0 atom stereocenters. The first-order valence-corrected chi connectivity index (χ1v) is 5.12. The molecule has 3 nitrogen and oxygen atoms in total. The number of ether oxygens (including phenoxy) is 2. The molecule has 0 unspecified atom stereocenters. The van der Waals surface area contributed by atoms with Gasteiger partial charge in [0.1, 0.15) is 11.5 Å². The largest absolute Gasteiger partial charge is 0.573 e. The third-order valence-electron chi connectivity index (χ3n) is 2.00. The fourth-order valence-corrected chi connectivity index (χ4v) is 1.35. The summed E-state index contributed by atoms with van der Waals surface area (Å²) in [7, 11) is 0. The lowest BCUT2D eigenvalue weighted by Crippen LogP contribution is -2.19. The Hall–Kier alpha value is -2.11. The fraction of sp³-hybridized carbons (Fsp3) is 0.364. The first kappa shape index (κ1) is 15.9. The van der Waals surface area contributed by atoms with Gasteiger partial charge in [-0.05, 0) is 18.1 Å². The van der Waals surface area contributed by atoms with Gasteiger partial charge in [0, 0.05) is 12.5 Å². The number of rotatable bonds is 4. The Morgan fingerprint density at radius 2 is 1.60 bits per heavy atom. The molecule has 0 aliphatic rings. The van der Waals surface area contributed by atoms with Crippen LogP contribution in [0.25, 0.3) is 0 Å². The standard InChI is InChI=1S/C11H7F6NO2/c12-10(13,14)19-8-4-3-7(2-1-5-18)9(6-8)20-11(15,16)17/h3-4,6H,1-2H2. The van der Waals surface area contributed by atoms with Gasteiger partial charge in [0.15, 0.2) is 0 Å². The van der Waals surface area contributed by atoms with E-state index in [1.54, 1.807) is 6.07 Å². The van der Waals surface area contributed by atoms with Crippen molar-refractivity contribution in [1.29, 1.82) is 5.26 Å². The molecule has 1 aromatic carbocycles. The summed E-state index contributed by atoms with van der Waals surface area (Å²) in [6.07, 6.45) is -10.3. The Labute approximate surface area is 109 Å². The zero-order valence-corrected chi connectivity index (χ0v) is 9.68. The van der Waals surface area contributed by atoms with E-state index in [1.807, 2.05) is 0 Å². The number of nitrogens with zero attached hydrogens (tertiary/aromatic N) is 1. The fourth-order valence-electron chi connectivity index (χ4n) is 1.35. The molecule has 0 bridgehead atoms. The molecule has 0 aliphatic heterocycles. The molecule has 0 spiro atoms. The Morgan fingerprint density at radius 3 is 2.10 bits per heavy atom. The Kier molecular flexibility index (Phi) is 4.70. The van der Waals surface area contributed by atoms with Gasteiger partial charge in [-0.1, -0.05) is 6.07 Å². The second-order valence-corrected chi connectivity index (χ2v) is 3.52. The van der Waals surface area contributed by atoms with Crippen molar-refractivity contribution in [3.63, 3.8) is 0 Å². The summed E-state index contributed by atoms with van der Waals surface area (Å²) < 4.78 is 79.6. The SMILES string of the molecule is N#CCCc1ccc(OC(F)(F)F)cc1OC(F)(F)F. The van der Waals surface area contributed by atoms with Gasteiger partial charge in [-0.15, -0.1) is 26.3 Å². The predicted octanol–water partition coefficient (Wildman–Crippen LogP) is 3.94. The lowest BCUT2D eigenvalue weighted by Gasteiger charge is -2.15. The maximum atomic E-state index is 12.2. The van der Waals surface area contributed by atoms with E-state index in [-0.39, 0.29) is 18.4 Å². The molecule has 1 rings (SSSR count). The zero-order chi connectivity index (χ0) is 15.4. The van der Waals surface area contributed by atoms with Crippen molar-refractivity contribution in [3.05, 3.63) is 23.8 Å². The minimum Gasteiger partial charge on any atom is -0.406 e. The van der Waals surface area contributed by atoms with E-state index >= 15 is 0 Å². The van der Waals surface area contributed by atoms with Gasteiger partial charge in [-0.3, -0.25) is 0 Å². The smallest absolute Gasteiger partial charge is 0.406 e. The molecule has 0 heterocycles. The average Bonchev–Trinajstić information content (AvgIpc) is 2.23. The van der Waals surface area contributed by atoms with Crippen LogP contribution >= 0.6 is 0 Å². The Morgan fingerprint density at radius 1 is 1.00 bits per heavy atom. The Bertz CT molecular complexity index is 503. The molecular formula is C11H7F6NO2. The molecular weight excluding hydrogens is 292 g/mol. The molecule has 0 saturated heterocycles. The van der Waals surface area contributed by atoms with Crippen LogP contribution in [0.1, 0.15) is 12.0 Å². The van der Waals surface area contributed by atoms with Gasteiger partial charge >= 0.3 is 12.7 Å². The van der Waals surface area contributed by atoms with Crippen LogP contribution in [-0.4, -0.2) is 12.7 Å². The van der Waals surface area contributed by atoms with Crippen molar-refractivity contribution in [1.82, 2.24) is 0 Å². The molecule has 9 heteroatoms. The van der Waals surface area contributed by atoms with Crippen molar-refractivity contribution in [2.45, 2.75) is 25.6 Å². The van der Waals surface area contributed by atoms with Crippen LogP contribution in [0, 0.1) is 11.3 Å². The molecule has 0 aliphatic carbocycles. The summed E-state index contributed by atoms with van der Waals surface area (Å²) in [5.74, 6) is -1.66. The summed E-state index contributed by atoms with van der Waals surface area (Å²) in [5.41, 5.74) is -0.0431. The summed E-state index contributed by atoms with van der Waals surface area (Å²) in [5, 5.41) is 8.37. The molecule has 0 amide bonds. The summed E-state index contributed by atoms with van der Waals surface area (Å²) in [4.78, 5) is 0. The Balaban J connectivity index is 3.05. The maximum absolute atomic E-state index is 12.2. The van der Waals surface area contributed by atoms with Crippen LogP contribution in [0.4, 0.5) is 26.3 Å². The van der Waals surface area contributed by atoms with Crippen LogP contribution in [-0.2, 0) is 6.42 Å². The molecule has 0 saturated carbocycles. The van der Waals surface area contributed by atoms with Crippen LogP contribution in [0.15, 0.2) is 18.2 Å². The van der Waals surface area contributed by atoms with Crippen LogP contribution in [0.3, 0.4) is 0 Å². The first-order chi connectivity index (χ1) is 9.11. The summed E-state index contributed by atoms with van der Waals surface area (Å²) >= 11 is 0. The van der Waals surface area contributed by atoms with E-state index in [1.165, 1.54) is 0 Å². The molecule has 20 heavy (non-hydrogen) atoms. The highest BCUT2D eigenvalue weighted by Gasteiger charge is 2.34. The zero-order valence-electron chi connectivity index (χ0n) is 9.68. The second-order valence-electron chi connectivity index (χ2n) is 3.52. The van der Waals surface area contributed by atoms with Crippen molar-refractivity contribution < 1.29 is 35.8 Å². The highest BCUT2D eigenvalue weighted by atomic mass is 19.4. The van der Waals surface area contributed by atoms with Crippen LogP contribution in [0.2, 0.25) is 0 Å². The number of benzene rings is 1. The van der Waals surface area contributed by atoms with Gasteiger partial charge in [0.2, 0.25) is 0 Å². The molecule has 0 N–H and O–H groups in total. The number of aryl methyl sites for hydroxylation is 1. The normalized spacial score (nSPS) is 11.8. The molecule has 0 aromatic heterocycles. The van der Waals surface area contributed by atoms with Crippen LogP contribution in [0.5, 0.6) is 11.5 Å². The lowest BCUT2D eigenvalue weighted by atomic mass is 10.1. The van der Waals surface area contributed by atoms with Crippen LogP contribution < -0.4 is 9.47 Å². The van der Waals surface area contributed by atoms with Crippen molar-refractivity contribution >= 4 is 0 Å². The van der Waals surface area contributed by atoms with Gasteiger partial charge in [-0.2, -0.15) is 5.26 Å². The molecule has 1 aromatic rings. The summed E-state index contributed by atoms with van der Waals surface area (Å²) in [6, 6.07) is 4.03. The number of hydrogen-bond acceptors (Lipinski definition) is 3. The van der Waals surface area contributed by atoms with Gasteiger partial charge in [0.05, 0.1) is 6.07 Å². The van der Waals surface area contributed by atoms with E-state index in [2.05, 4.69) is 9.47 Å². The van der Waals surface area contributed by atoms with E-state index in [4.69, 9.17) is 5.26 Å². The average molecular weight is 299 g/mol. The van der Waals surface area contributed by atoms with Crippen molar-refractivity contribution in [2.75, 3.05) is 0 Å². The van der Waals surface area contributed by atoms with E-state index in [0.29, 0.717) is 6.07 Å². The highest BCUT2D eigenvalue weighted by Crippen LogP contribution is 2.33. The first-order valence-electron chi connectivity index (χ1n) is 5.12. The van der Waals surface area contributed by atoms with E-state index in [0.717, 1.165) is 12.1 Å². The molecule has 0 fully saturated rings. The van der Waals surface area contributed by atoms with Crippen molar-refractivity contribution in [3.8, 4) is 17.6 Å². The predicted molar refractivity (Wildman–Crippen MR) is 53.7 cm³/mol. The number of halogens is 6. The monoisotopic (exact) mass is 299 g/mol. The third kappa shape index (κ3) is 5.69. The summed E-state index contributed by atoms with van der Waals surface area (Å²) in [6.45, 7) is 0. The third-order valence-corrected chi connectivity index (χ3v) is 2.00. The van der Waals surface area contributed by atoms with Crippen molar-refractivity contribution in [2.24, 2.45) is 0 Å². The van der Waals surface area contributed by atoms with Gasteiger partial charge in [0.25, 0.3) is 0 Å². The van der Waals surface area contributed by atoms with E-state index in [9.17, 15) is 26.3 Å².